The highest BCUT2D eigenvalue weighted by molar-refractivity contribution is 9.11. The summed E-state index contributed by atoms with van der Waals surface area (Å²) in [7, 11) is 5.44. The van der Waals surface area contributed by atoms with Gasteiger partial charge in [-0.1, -0.05) is 28.1 Å². The molecule has 4 nitrogen and oxygen atoms in total. The summed E-state index contributed by atoms with van der Waals surface area (Å²) in [5.74, 6) is 1.45. The molecule has 1 heterocycles. The van der Waals surface area contributed by atoms with Gasteiger partial charge in [0.15, 0.2) is 0 Å². The third-order valence-corrected chi connectivity index (χ3v) is 8.04. The average molecular weight is 764 g/mol. The standard InChI is InChI=1S/C32H33Br2N2O2.HI/c1-6-36(7-2)27-15-8-22(9-16-27)10-17-28-18-24(25-20-30(37-4)32(34)31(21-25)38-5)19-29(35(28)3)23-11-13-26(33)14-12-23;/h8-21H,6-7H2,1-5H3;1H/q+1;/p-1. The van der Waals surface area contributed by atoms with E-state index in [4.69, 9.17) is 9.47 Å². The molecule has 0 aliphatic heterocycles. The van der Waals surface area contributed by atoms with Gasteiger partial charge in [0.1, 0.15) is 23.0 Å². The number of nitrogens with zero attached hydrogens (tertiary/aromatic N) is 2. The van der Waals surface area contributed by atoms with E-state index in [-0.39, 0.29) is 24.0 Å². The second-order valence-corrected chi connectivity index (χ2v) is 10.6. The zero-order chi connectivity index (χ0) is 27.2. The lowest BCUT2D eigenvalue weighted by molar-refractivity contribution is -0.662. The molecule has 39 heavy (non-hydrogen) atoms. The molecule has 4 aromatic rings. The monoisotopic (exact) mass is 762 g/mol. The molecule has 0 N–H and O–H groups in total. The van der Waals surface area contributed by atoms with E-state index < -0.39 is 0 Å². The summed E-state index contributed by atoms with van der Waals surface area (Å²) in [5, 5.41) is 0. The molecule has 0 bridgehead atoms. The van der Waals surface area contributed by atoms with Crippen LogP contribution in [0.5, 0.6) is 11.5 Å². The predicted octanol–water partition coefficient (Wildman–Crippen LogP) is 5.41. The summed E-state index contributed by atoms with van der Waals surface area (Å²) < 4.78 is 15.3. The van der Waals surface area contributed by atoms with Gasteiger partial charge in [-0.25, -0.2) is 0 Å². The molecule has 0 unspecified atom stereocenters. The average Bonchev–Trinajstić information content (AvgIpc) is 2.94. The van der Waals surface area contributed by atoms with Gasteiger partial charge in [-0.15, -0.1) is 0 Å². The largest absolute Gasteiger partial charge is 1.00 e. The van der Waals surface area contributed by atoms with Crippen LogP contribution in [0.25, 0.3) is 34.5 Å². The van der Waals surface area contributed by atoms with Crippen molar-refractivity contribution in [1.82, 2.24) is 0 Å². The van der Waals surface area contributed by atoms with Gasteiger partial charge >= 0.3 is 0 Å². The lowest BCUT2D eigenvalue weighted by Crippen LogP contribution is -3.00. The van der Waals surface area contributed by atoms with Gasteiger partial charge in [-0.2, -0.15) is 4.57 Å². The number of halogens is 3. The molecule has 0 spiro atoms. The molecule has 0 aliphatic rings. The molecule has 4 rings (SSSR count). The smallest absolute Gasteiger partial charge is 0.213 e. The zero-order valence-corrected chi connectivity index (χ0v) is 28.2. The van der Waals surface area contributed by atoms with Crippen molar-refractivity contribution in [2.45, 2.75) is 13.8 Å². The van der Waals surface area contributed by atoms with E-state index in [1.165, 1.54) is 5.69 Å². The van der Waals surface area contributed by atoms with Crippen LogP contribution in [-0.2, 0) is 7.05 Å². The molecule has 0 saturated heterocycles. The quantitative estimate of drug-likeness (QED) is 0.169. The Labute approximate surface area is 265 Å². The van der Waals surface area contributed by atoms with E-state index in [9.17, 15) is 0 Å². The van der Waals surface area contributed by atoms with Gasteiger partial charge in [0.2, 0.25) is 11.4 Å². The Morgan fingerprint density at radius 1 is 0.744 bits per heavy atom. The Kier molecular flexibility index (Phi) is 11.4. The van der Waals surface area contributed by atoms with Crippen molar-refractivity contribution >= 4 is 49.7 Å². The minimum atomic E-state index is 0. The topological polar surface area (TPSA) is 25.6 Å². The van der Waals surface area contributed by atoms with Gasteiger partial charge in [-0.05, 0) is 101 Å². The second kappa shape index (κ2) is 14.3. The lowest BCUT2D eigenvalue weighted by atomic mass is 10.0. The molecule has 0 radical (unpaired) electrons. The Balaban J connectivity index is 0.00000420. The number of anilines is 1. The Hall–Kier alpha value is -2.36. The number of hydrogen-bond acceptors (Lipinski definition) is 3. The number of aromatic nitrogens is 1. The van der Waals surface area contributed by atoms with Gasteiger partial charge in [0.25, 0.3) is 0 Å². The fraction of sp³-hybridized carbons (Fsp3) is 0.219. The minimum Gasteiger partial charge on any atom is -1.00 e. The molecular weight excluding hydrogens is 731 g/mol. The molecule has 0 saturated carbocycles. The summed E-state index contributed by atoms with van der Waals surface area (Å²) in [6, 6.07) is 25.6. The van der Waals surface area contributed by atoms with Crippen molar-refractivity contribution < 1.29 is 38.0 Å². The third-order valence-electron chi connectivity index (χ3n) is 6.73. The van der Waals surface area contributed by atoms with E-state index in [1.54, 1.807) is 14.2 Å². The number of pyridine rings is 1. The van der Waals surface area contributed by atoms with E-state index in [0.717, 1.165) is 67.2 Å². The number of ether oxygens (including phenoxy) is 2. The Morgan fingerprint density at radius 2 is 1.31 bits per heavy atom. The van der Waals surface area contributed by atoms with Gasteiger partial charge in [0, 0.05) is 47.0 Å². The molecule has 0 aliphatic carbocycles. The SMILES string of the molecule is CCN(CC)c1ccc(C=Cc2cc(-c3cc(OC)c(Br)c(OC)c3)cc(-c3ccc(Br)cc3)[n+]2C)cc1.[I-]. The summed E-state index contributed by atoms with van der Waals surface area (Å²) in [6.07, 6.45) is 4.34. The fourth-order valence-corrected chi connectivity index (χ4v) is 5.32. The van der Waals surface area contributed by atoms with Crippen LogP contribution < -0.4 is 42.9 Å². The maximum absolute atomic E-state index is 5.62. The van der Waals surface area contributed by atoms with Crippen molar-refractivity contribution in [3.63, 3.8) is 0 Å². The molecule has 0 atom stereocenters. The molecule has 0 amide bonds. The lowest BCUT2D eigenvalue weighted by Gasteiger charge is -2.20. The van der Waals surface area contributed by atoms with Crippen LogP contribution in [0.2, 0.25) is 0 Å². The van der Waals surface area contributed by atoms with Crippen molar-refractivity contribution in [2.24, 2.45) is 7.05 Å². The molecule has 0 fully saturated rings. The van der Waals surface area contributed by atoms with E-state index in [0.29, 0.717) is 0 Å². The van der Waals surface area contributed by atoms with Crippen LogP contribution in [0.4, 0.5) is 5.69 Å². The molecular formula is C32H33Br2IN2O2. The highest BCUT2D eigenvalue weighted by atomic mass is 127. The first-order chi connectivity index (χ1) is 18.4. The molecule has 1 aromatic heterocycles. The molecule has 204 valence electrons. The second-order valence-electron chi connectivity index (χ2n) is 8.91. The number of benzene rings is 3. The number of hydrogen-bond donors (Lipinski definition) is 0. The molecule has 7 heteroatoms. The van der Waals surface area contributed by atoms with Gasteiger partial charge in [0.05, 0.1) is 14.2 Å². The first-order valence-corrected chi connectivity index (χ1v) is 14.2. The summed E-state index contributed by atoms with van der Waals surface area (Å²) in [5.41, 5.74) is 7.80. The van der Waals surface area contributed by atoms with E-state index >= 15 is 0 Å². The predicted molar refractivity (Wildman–Crippen MR) is 166 cm³/mol. The first kappa shape index (κ1) is 31.2. The summed E-state index contributed by atoms with van der Waals surface area (Å²) in [6.45, 7) is 6.37. The maximum atomic E-state index is 5.62. The van der Waals surface area contributed by atoms with E-state index in [2.05, 4.69) is 135 Å². The summed E-state index contributed by atoms with van der Waals surface area (Å²) in [4.78, 5) is 2.35. The van der Waals surface area contributed by atoms with Crippen molar-refractivity contribution in [3.05, 3.63) is 93.0 Å². The van der Waals surface area contributed by atoms with Crippen LogP contribution in [0.15, 0.2) is 81.7 Å². The fourth-order valence-electron chi connectivity index (χ4n) is 4.51. The van der Waals surface area contributed by atoms with E-state index in [1.807, 2.05) is 12.1 Å². The molecule has 3 aromatic carbocycles. The van der Waals surface area contributed by atoms with Crippen molar-refractivity contribution in [1.29, 1.82) is 0 Å². The van der Waals surface area contributed by atoms with Crippen LogP contribution in [0.3, 0.4) is 0 Å². The van der Waals surface area contributed by atoms with Gasteiger partial charge < -0.3 is 38.4 Å². The van der Waals surface area contributed by atoms with Crippen LogP contribution >= 0.6 is 31.9 Å². The minimum absolute atomic E-state index is 0. The summed E-state index contributed by atoms with van der Waals surface area (Å²) >= 11 is 7.15. The normalized spacial score (nSPS) is 10.8. The van der Waals surface area contributed by atoms with Crippen molar-refractivity contribution in [3.8, 4) is 33.9 Å². The highest BCUT2D eigenvalue weighted by Crippen LogP contribution is 2.39. The van der Waals surface area contributed by atoms with Crippen molar-refractivity contribution in [2.75, 3.05) is 32.2 Å². The maximum Gasteiger partial charge on any atom is 0.213 e. The van der Waals surface area contributed by atoms with Crippen LogP contribution in [-0.4, -0.2) is 27.3 Å². The van der Waals surface area contributed by atoms with Crippen LogP contribution in [0, 0.1) is 0 Å². The highest BCUT2D eigenvalue weighted by Gasteiger charge is 2.19. The first-order valence-electron chi connectivity index (χ1n) is 12.6. The Morgan fingerprint density at radius 3 is 1.85 bits per heavy atom. The van der Waals surface area contributed by atoms with Gasteiger partial charge in [-0.3, -0.25) is 0 Å². The Bertz CT molecular complexity index is 1410. The number of methoxy groups -OCH3 is 2. The zero-order valence-electron chi connectivity index (χ0n) is 22.8. The number of rotatable bonds is 9. The van der Waals surface area contributed by atoms with Crippen LogP contribution in [0.1, 0.15) is 25.1 Å². The third kappa shape index (κ3) is 7.24.